The first-order valence-corrected chi connectivity index (χ1v) is 7.72. The Hall–Kier alpha value is -1.36. The minimum absolute atomic E-state index is 0.120. The minimum atomic E-state index is 0.120. The molecule has 1 aromatic rings. The Kier molecular flexibility index (Phi) is 6.05. The number of nitrogens with zero attached hydrogens (tertiary/aromatic N) is 2. The molecule has 1 unspecified atom stereocenters. The van der Waals surface area contributed by atoms with Gasteiger partial charge in [0.15, 0.2) is 0 Å². The third-order valence-corrected chi connectivity index (χ3v) is 3.88. The first-order valence-electron chi connectivity index (χ1n) is 7.72. The van der Waals surface area contributed by atoms with Gasteiger partial charge in [-0.05, 0) is 19.8 Å². The quantitative estimate of drug-likeness (QED) is 0.779. The van der Waals surface area contributed by atoms with E-state index in [0.29, 0.717) is 12.6 Å². The fraction of sp³-hybridized carbons (Fsp3) is 0.733. The third-order valence-electron chi connectivity index (χ3n) is 3.88. The smallest absolute Gasteiger partial charge is 0.234 e. The lowest BCUT2D eigenvalue weighted by molar-refractivity contribution is -0.121. The predicted molar refractivity (Wildman–Crippen MR) is 79.3 cm³/mol. The minimum Gasteiger partial charge on any atom is -0.352 e. The van der Waals surface area contributed by atoms with Crippen LogP contribution in [-0.4, -0.2) is 34.1 Å². The van der Waals surface area contributed by atoms with Crippen molar-refractivity contribution >= 4 is 5.91 Å². The van der Waals surface area contributed by atoms with Crippen molar-refractivity contribution in [2.75, 3.05) is 6.54 Å². The fourth-order valence-electron chi connectivity index (χ4n) is 2.74. The van der Waals surface area contributed by atoms with Gasteiger partial charge in [0.25, 0.3) is 0 Å². The van der Waals surface area contributed by atoms with Gasteiger partial charge in [0.1, 0.15) is 0 Å². The standard InChI is InChI=1S/C15H26N4O/c1-13(11-19-9-8-16-12-19)17-10-15(20)18-14-6-4-2-3-5-7-14/h8-9,12-14,17H,2-7,10-11H2,1H3,(H,18,20). The summed E-state index contributed by atoms with van der Waals surface area (Å²) in [6.45, 7) is 3.31. The summed E-state index contributed by atoms with van der Waals surface area (Å²) in [7, 11) is 0. The topological polar surface area (TPSA) is 59.0 Å². The number of imidazole rings is 1. The van der Waals surface area contributed by atoms with Crippen molar-refractivity contribution < 1.29 is 4.79 Å². The molecular formula is C15H26N4O. The summed E-state index contributed by atoms with van der Waals surface area (Å²) in [4.78, 5) is 16.0. The molecule has 5 heteroatoms. The van der Waals surface area contributed by atoms with Gasteiger partial charge in [0.05, 0.1) is 12.9 Å². The van der Waals surface area contributed by atoms with E-state index in [0.717, 1.165) is 19.4 Å². The summed E-state index contributed by atoms with van der Waals surface area (Å²) in [5.74, 6) is 0.120. The molecule has 1 aromatic heterocycles. The molecule has 1 fully saturated rings. The average molecular weight is 278 g/mol. The van der Waals surface area contributed by atoms with Crippen molar-refractivity contribution in [3.8, 4) is 0 Å². The Balaban J connectivity index is 1.63. The molecule has 1 atom stereocenters. The number of aromatic nitrogens is 2. The molecule has 1 aliphatic carbocycles. The number of carbonyl (C=O) groups excluding carboxylic acids is 1. The van der Waals surface area contributed by atoms with Gasteiger partial charge in [-0.1, -0.05) is 25.7 Å². The Morgan fingerprint density at radius 2 is 2.10 bits per heavy atom. The lowest BCUT2D eigenvalue weighted by Crippen LogP contribution is -2.43. The fourth-order valence-corrected chi connectivity index (χ4v) is 2.74. The maximum Gasteiger partial charge on any atom is 0.234 e. The van der Waals surface area contributed by atoms with Crippen molar-refractivity contribution in [2.24, 2.45) is 0 Å². The molecule has 20 heavy (non-hydrogen) atoms. The highest BCUT2D eigenvalue weighted by molar-refractivity contribution is 5.78. The maximum atomic E-state index is 11.9. The van der Waals surface area contributed by atoms with Crippen molar-refractivity contribution in [3.63, 3.8) is 0 Å². The molecule has 0 radical (unpaired) electrons. The van der Waals surface area contributed by atoms with Crippen molar-refractivity contribution in [1.29, 1.82) is 0 Å². The van der Waals surface area contributed by atoms with E-state index in [1.807, 2.05) is 10.8 Å². The molecule has 2 N–H and O–H groups in total. The summed E-state index contributed by atoms with van der Waals surface area (Å²) in [6, 6.07) is 0.639. The first-order chi connectivity index (χ1) is 9.74. The van der Waals surface area contributed by atoms with Crippen LogP contribution in [0.15, 0.2) is 18.7 Å². The number of hydrogen-bond acceptors (Lipinski definition) is 3. The molecule has 0 bridgehead atoms. The SMILES string of the molecule is CC(Cn1ccnc1)NCC(=O)NC1CCCCCC1. The van der Waals surface area contributed by atoms with Crippen LogP contribution in [0, 0.1) is 0 Å². The molecule has 112 valence electrons. The molecule has 0 aliphatic heterocycles. The van der Waals surface area contributed by atoms with Crippen LogP contribution in [-0.2, 0) is 11.3 Å². The Bertz CT molecular complexity index is 383. The number of carbonyl (C=O) groups is 1. The van der Waals surface area contributed by atoms with E-state index < -0.39 is 0 Å². The van der Waals surface area contributed by atoms with E-state index in [1.165, 1.54) is 25.7 Å². The van der Waals surface area contributed by atoms with E-state index in [2.05, 4.69) is 22.5 Å². The average Bonchev–Trinajstić information content (AvgIpc) is 2.80. The lowest BCUT2D eigenvalue weighted by atomic mass is 10.1. The van der Waals surface area contributed by atoms with E-state index in [1.54, 1.807) is 12.5 Å². The second-order valence-electron chi connectivity index (χ2n) is 5.80. The van der Waals surface area contributed by atoms with Crippen LogP contribution in [0.4, 0.5) is 0 Å². The summed E-state index contributed by atoms with van der Waals surface area (Å²) in [6.07, 6.45) is 12.9. The summed E-state index contributed by atoms with van der Waals surface area (Å²) in [5, 5.41) is 6.42. The first kappa shape index (κ1) is 15.0. The number of amides is 1. The van der Waals surface area contributed by atoms with Gasteiger partial charge >= 0.3 is 0 Å². The Morgan fingerprint density at radius 3 is 2.75 bits per heavy atom. The van der Waals surface area contributed by atoms with E-state index >= 15 is 0 Å². The van der Waals surface area contributed by atoms with Gasteiger partial charge < -0.3 is 15.2 Å². The van der Waals surface area contributed by atoms with Crippen LogP contribution in [0.1, 0.15) is 45.4 Å². The van der Waals surface area contributed by atoms with Crippen LogP contribution in [0.3, 0.4) is 0 Å². The van der Waals surface area contributed by atoms with Gasteiger partial charge in [-0.3, -0.25) is 4.79 Å². The second-order valence-corrected chi connectivity index (χ2v) is 5.80. The van der Waals surface area contributed by atoms with Gasteiger partial charge in [-0.2, -0.15) is 0 Å². The van der Waals surface area contributed by atoms with Crippen LogP contribution >= 0.6 is 0 Å². The van der Waals surface area contributed by atoms with Crippen LogP contribution in [0.5, 0.6) is 0 Å². The second kappa shape index (κ2) is 8.04. The predicted octanol–water partition coefficient (Wildman–Crippen LogP) is 1.70. The monoisotopic (exact) mass is 278 g/mol. The van der Waals surface area contributed by atoms with Gasteiger partial charge in [-0.15, -0.1) is 0 Å². The zero-order chi connectivity index (χ0) is 14.2. The van der Waals surface area contributed by atoms with E-state index in [4.69, 9.17) is 0 Å². The maximum absolute atomic E-state index is 11.9. The van der Waals surface area contributed by atoms with Crippen LogP contribution in [0.25, 0.3) is 0 Å². The molecule has 0 spiro atoms. The van der Waals surface area contributed by atoms with Crippen molar-refractivity contribution in [2.45, 2.75) is 64.1 Å². The molecule has 2 rings (SSSR count). The van der Waals surface area contributed by atoms with Crippen molar-refractivity contribution in [3.05, 3.63) is 18.7 Å². The molecule has 1 amide bonds. The summed E-state index contributed by atoms with van der Waals surface area (Å²) >= 11 is 0. The van der Waals surface area contributed by atoms with E-state index in [9.17, 15) is 4.79 Å². The van der Waals surface area contributed by atoms with E-state index in [-0.39, 0.29) is 11.9 Å². The summed E-state index contributed by atoms with van der Waals surface area (Å²) < 4.78 is 2.01. The molecule has 1 saturated carbocycles. The Labute approximate surface area is 121 Å². The molecule has 1 heterocycles. The highest BCUT2D eigenvalue weighted by Gasteiger charge is 2.14. The summed E-state index contributed by atoms with van der Waals surface area (Å²) in [5.41, 5.74) is 0. The van der Waals surface area contributed by atoms with Gasteiger partial charge in [-0.25, -0.2) is 4.98 Å². The number of hydrogen-bond donors (Lipinski definition) is 2. The third kappa shape index (κ3) is 5.33. The number of rotatable bonds is 6. The highest BCUT2D eigenvalue weighted by atomic mass is 16.1. The normalized spacial score (nSPS) is 18.4. The molecule has 0 saturated heterocycles. The zero-order valence-electron chi connectivity index (χ0n) is 12.3. The molecule has 1 aliphatic rings. The highest BCUT2D eigenvalue weighted by Crippen LogP contribution is 2.16. The molecule has 5 nitrogen and oxygen atoms in total. The Morgan fingerprint density at radius 1 is 1.35 bits per heavy atom. The van der Waals surface area contributed by atoms with Crippen molar-refractivity contribution in [1.82, 2.24) is 20.2 Å². The van der Waals surface area contributed by atoms with Crippen LogP contribution < -0.4 is 10.6 Å². The zero-order valence-corrected chi connectivity index (χ0v) is 12.3. The molecular weight excluding hydrogens is 252 g/mol. The van der Waals surface area contributed by atoms with Gasteiger partial charge in [0, 0.05) is 31.0 Å². The lowest BCUT2D eigenvalue weighted by Gasteiger charge is -2.18. The largest absolute Gasteiger partial charge is 0.352 e. The van der Waals surface area contributed by atoms with Gasteiger partial charge in [0.2, 0.25) is 5.91 Å². The molecule has 0 aromatic carbocycles. The number of nitrogens with one attached hydrogen (secondary N) is 2. The van der Waals surface area contributed by atoms with Crippen LogP contribution in [0.2, 0.25) is 0 Å².